The number of rotatable bonds is 2. The maximum atomic E-state index is 12.1. The first-order valence-corrected chi connectivity index (χ1v) is 6.70. The number of nitrogens with one attached hydrogen (secondary N) is 1. The highest BCUT2D eigenvalue weighted by Gasteiger charge is 2.10. The lowest BCUT2D eigenvalue weighted by atomic mass is 10.2. The third-order valence-corrected chi connectivity index (χ3v) is 3.46. The summed E-state index contributed by atoms with van der Waals surface area (Å²) in [5.41, 5.74) is 1.07. The van der Waals surface area contributed by atoms with E-state index in [0.717, 1.165) is 4.47 Å². The molecule has 2 rings (SSSR count). The molecular weight excluding hydrogens is 362 g/mol. The monoisotopic (exact) mass is 369 g/mol. The number of benzene rings is 2. The van der Waals surface area contributed by atoms with Crippen LogP contribution >= 0.6 is 31.9 Å². The summed E-state index contributed by atoms with van der Waals surface area (Å²) in [4.78, 5) is 12.1. The van der Waals surface area contributed by atoms with E-state index in [4.69, 9.17) is 0 Å². The fraction of sp³-hybridized carbons (Fsp3) is 0. The topological polar surface area (TPSA) is 49.3 Å². The second-order valence-corrected chi connectivity index (χ2v) is 5.40. The lowest BCUT2D eigenvalue weighted by Gasteiger charge is -2.07. The van der Waals surface area contributed by atoms with Crippen molar-refractivity contribution in [2.75, 3.05) is 5.32 Å². The second-order valence-electron chi connectivity index (χ2n) is 3.63. The smallest absolute Gasteiger partial charge is 0.256 e. The van der Waals surface area contributed by atoms with Gasteiger partial charge in [0.1, 0.15) is 5.75 Å². The zero-order chi connectivity index (χ0) is 13.1. The quantitative estimate of drug-likeness (QED) is 0.833. The summed E-state index contributed by atoms with van der Waals surface area (Å²) in [5, 5.41) is 12.0. The molecule has 2 aromatic carbocycles. The van der Waals surface area contributed by atoms with Crippen LogP contribution in [0.5, 0.6) is 5.75 Å². The van der Waals surface area contributed by atoms with Crippen LogP contribution in [0.2, 0.25) is 0 Å². The molecule has 0 heterocycles. The summed E-state index contributed by atoms with van der Waals surface area (Å²) in [5.74, 6) is -0.130. The van der Waals surface area contributed by atoms with E-state index < -0.39 is 0 Å². The van der Waals surface area contributed by atoms with Crippen molar-refractivity contribution in [3.63, 3.8) is 0 Å². The molecule has 0 aliphatic rings. The maximum Gasteiger partial charge on any atom is 0.256 e. The Balaban J connectivity index is 2.24. The number of amides is 1. The van der Waals surface area contributed by atoms with Crippen LogP contribution in [0.4, 0.5) is 5.69 Å². The minimum Gasteiger partial charge on any atom is -0.508 e. The first kappa shape index (κ1) is 13.1. The number of hydrogen-bond acceptors (Lipinski definition) is 2. The molecule has 3 nitrogen and oxygen atoms in total. The number of halogens is 2. The summed E-state index contributed by atoms with van der Waals surface area (Å²) in [6.07, 6.45) is 0. The number of carbonyl (C=O) groups is 1. The SMILES string of the molecule is O=C(Nc1cccc(O)c1)c1cc(Br)ccc1Br. The Kier molecular flexibility index (Phi) is 4.04. The van der Waals surface area contributed by atoms with E-state index in [1.807, 2.05) is 6.07 Å². The van der Waals surface area contributed by atoms with Crippen LogP contribution in [-0.4, -0.2) is 11.0 Å². The molecule has 1 amide bonds. The fourth-order valence-corrected chi connectivity index (χ4v) is 2.24. The van der Waals surface area contributed by atoms with Gasteiger partial charge in [-0.25, -0.2) is 0 Å². The van der Waals surface area contributed by atoms with Crippen LogP contribution in [0.1, 0.15) is 10.4 Å². The molecule has 0 saturated heterocycles. The van der Waals surface area contributed by atoms with Gasteiger partial charge < -0.3 is 10.4 Å². The minimum atomic E-state index is -0.242. The fourth-order valence-electron chi connectivity index (χ4n) is 1.45. The Hall–Kier alpha value is -1.33. The van der Waals surface area contributed by atoms with Crippen LogP contribution in [0.15, 0.2) is 51.4 Å². The van der Waals surface area contributed by atoms with Crippen LogP contribution in [0.25, 0.3) is 0 Å². The van der Waals surface area contributed by atoms with Gasteiger partial charge in [-0.05, 0) is 46.3 Å². The minimum absolute atomic E-state index is 0.112. The second kappa shape index (κ2) is 5.54. The molecule has 0 aliphatic heterocycles. The molecule has 2 aromatic rings. The highest BCUT2D eigenvalue weighted by atomic mass is 79.9. The molecule has 18 heavy (non-hydrogen) atoms. The van der Waals surface area contributed by atoms with Gasteiger partial charge in [0, 0.05) is 20.7 Å². The van der Waals surface area contributed by atoms with Gasteiger partial charge in [0.25, 0.3) is 5.91 Å². The van der Waals surface area contributed by atoms with Crippen LogP contribution < -0.4 is 5.32 Å². The van der Waals surface area contributed by atoms with Crippen molar-refractivity contribution in [1.82, 2.24) is 0 Å². The molecule has 5 heteroatoms. The zero-order valence-corrected chi connectivity index (χ0v) is 12.3. The van der Waals surface area contributed by atoms with E-state index in [2.05, 4.69) is 37.2 Å². The van der Waals surface area contributed by atoms with E-state index in [9.17, 15) is 9.90 Å². The molecule has 0 spiro atoms. The molecule has 0 bridgehead atoms. The van der Waals surface area contributed by atoms with Crippen molar-refractivity contribution < 1.29 is 9.90 Å². The molecular formula is C13H9Br2NO2. The van der Waals surface area contributed by atoms with E-state index >= 15 is 0 Å². The molecule has 0 saturated carbocycles. The van der Waals surface area contributed by atoms with E-state index in [0.29, 0.717) is 15.7 Å². The number of phenols is 1. The maximum absolute atomic E-state index is 12.1. The average molecular weight is 371 g/mol. The molecule has 0 aliphatic carbocycles. The van der Waals surface area contributed by atoms with Crippen LogP contribution in [-0.2, 0) is 0 Å². The van der Waals surface area contributed by atoms with Crippen molar-refractivity contribution in [1.29, 1.82) is 0 Å². The van der Waals surface area contributed by atoms with Gasteiger partial charge in [0.15, 0.2) is 0 Å². The number of phenolic OH excluding ortho intramolecular Hbond substituents is 1. The number of carbonyl (C=O) groups excluding carboxylic acids is 1. The van der Waals surface area contributed by atoms with Crippen LogP contribution in [0.3, 0.4) is 0 Å². The normalized spacial score (nSPS) is 10.1. The first-order valence-electron chi connectivity index (χ1n) is 5.12. The van der Waals surface area contributed by atoms with Gasteiger partial charge in [0.2, 0.25) is 0 Å². The first-order chi connectivity index (χ1) is 8.56. The molecule has 0 unspecified atom stereocenters. The van der Waals surface area contributed by atoms with Gasteiger partial charge in [-0.15, -0.1) is 0 Å². The van der Waals surface area contributed by atoms with Crippen molar-refractivity contribution in [2.45, 2.75) is 0 Å². The van der Waals surface area contributed by atoms with Gasteiger partial charge in [-0.3, -0.25) is 4.79 Å². The van der Waals surface area contributed by atoms with E-state index in [1.165, 1.54) is 6.07 Å². The van der Waals surface area contributed by atoms with Gasteiger partial charge in [0.05, 0.1) is 5.56 Å². The molecule has 0 radical (unpaired) electrons. The number of hydrogen-bond donors (Lipinski definition) is 2. The van der Waals surface area contributed by atoms with Crippen molar-refractivity contribution in [2.24, 2.45) is 0 Å². The van der Waals surface area contributed by atoms with E-state index in [-0.39, 0.29) is 11.7 Å². The summed E-state index contributed by atoms with van der Waals surface area (Å²) >= 11 is 6.65. The lowest BCUT2D eigenvalue weighted by molar-refractivity contribution is 0.102. The highest BCUT2D eigenvalue weighted by Crippen LogP contribution is 2.23. The van der Waals surface area contributed by atoms with Crippen molar-refractivity contribution in [3.05, 3.63) is 57.0 Å². The summed E-state index contributed by atoms with van der Waals surface area (Å²) in [6.45, 7) is 0. The Morgan fingerprint density at radius 1 is 1.11 bits per heavy atom. The van der Waals surface area contributed by atoms with Gasteiger partial charge in [-0.2, -0.15) is 0 Å². The van der Waals surface area contributed by atoms with Gasteiger partial charge >= 0.3 is 0 Å². The van der Waals surface area contributed by atoms with Gasteiger partial charge in [-0.1, -0.05) is 22.0 Å². The number of anilines is 1. The number of aromatic hydroxyl groups is 1. The van der Waals surface area contributed by atoms with Crippen molar-refractivity contribution in [3.8, 4) is 5.75 Å². The predicted molar refractivity (Wildman–Crippen MR) is 77.9 cm³/mol. The Labute approximate surface area is 121 Å². The average Bonchev–Trinajstić information content (AvgIpc) is 2.32. The summed E-state index contributed by atoms with van der Waals surface area (Å²) < 4.78 is 1.54. The van der Waals surface area contributed by atoms with Crippen molar-refractivity contribution >= 4 is 43.5 Å². The summed E-state index contributed by atoms with van der Waals surface area (Å²) in [7, 11) is 0. The Bertz CT molecular complexity index is 599. The Morgan fingerprint density at radius 3 is 2.61 bits per heavy atom. The third kappa shape index (κ3) is 3.11. The molecule has 92 valence electrons. The molecule has 0 atom stereocenters. The Morgan fingerprint density at radius 2 is 1.89 bits per heavy atom. The molecule has 0 aromatic heterocycles. The zero-order valence-electron chi connectivity index (χ0n) is 9.15. The highest BCUT2D eigenvalue weighted by molar-refractivity contribution is 9.11. The largest absolute Gasteiger partial charge is 0.508 e. The van der Waals surface area contributed by atoms with Crippen LogP contribution in [0, 0.1) is 0 Å². The molecule has 0 fully saturated rings. The standard InChI is InChI=1S/C13H9Br2NO2/c14-8-4-5-12(15)11(6-8)13(18)16-9-2-1-3-10(17)7-9/h1-7,17H,(H,16,18). The third-order valence-electron chi connectivity index (χ3n) is 2.28. The van der Waals surface area contributed by atoms with E-state index in [1.54, 1.807) is 30.3 Å². The lowest BCUT2D eigenvalue weighted by Crippen LogP contribution is -2.12. The summed E-state index contributed by atoms with van der Waals surface area (Å²) in [6, 6.07) is 11.8. The predicted octanol–water partition coefficient (Wildman–Crippen LogP) is 4.17. The molecule has 2 N–H and O–H groups in total.